The Bertz CT molecular complexity index is 466. The van der Waals surface area contributed by atoms with Crippen molar-refractivity contribution < 1.29 is 9.15 Å². The number of nitrogens with two attached hydrogens (primary N) is 1. The molecule has 1 aromatic carbocycles. The van der Waals surface area contributed by atoms with Gasteiger partial charge in [0, 0.05) is 11.8 Å². The van der Waals surface area contributed by atoms with E-state index in [1.807, 2.05) is 25.1 Å². The highest BCUT2D eigenvalue weighted by atomic mass is 16.5. The molecular weight excluding hydrogens is 204 g/mol. The van der Waals surface area contributed by atoms with E-state index >= 15 is 0 Å². The monoisotopic (exact) mass is 218 g/mol. The molecule has 2 N–H and O–H groups in total. The van der Waals surface area contributed by atoms with Crippen LogP contribution >= 0.6 is 0 Å². The second-order valence-corrected chi connectivity index (χ2v) is 3.55. The zero-order chi connectivity index (χ0) is 11.4. The number of anilines is 1. The van der Waals surface area contributed by atoms with Crippen LogP contribution < -0.4 is 10.5 Å². The Morgan fingerprint density at radius 2 is 2.31 bits per heavy atom. The smallest absolute Gasteiger partial charge is 0.197 e. The number of nitrogens with zero attached hydrogens (tertiary/aromatic N) is 1. The Labute approximate surface area is 94.1 Å². The van der Waals surface area contributed by atoms with E-state index in [-0.39, 0.29) is 0 Å². The number of nitrogen functional groups attached to an aromatic ring is 1. The van der Waals surface area contributed by atoms with Crippen molar-refractivity contribution in [2.45, 2.75) is 13.3 Å². The lowest BCUT2D eigenvalue weighted by atomic mass is 10.3. The lowest BCUT2D eigenvalue weighted by molar-refractivity contribution is 0.306. The molecule has 0 bridgehead atoms. The number of benzene rings is 1. The molecular formula is C12H14N2O2. The number of rotatable bonds is 4. The second kappa shape index (κ2) is 4.70. The van der Waals surface area contributed by atoms with Gasteiger partial charge >= 0.3 is 0 Å². The first kappa shape index (κ1) is 10.5. The molecule has 0 unspecified atom stereocenters. The largest absolute Gasteiger partial charge is 0.493 e. The zero-order valence-electron chi connectivity index (χ0n) is 9.14. The standard InChI is InChI=1S/C12H14N2O2/c1-9-8-16-12(14-9)5-6-15-11-4-2-3-10(13)7-11/h2-4,7-8H,5-6,13H2,1H3. The summed E-state index contributed by atoms with van der Waals surface area (Å²) in [6.45, 7) is 2.43. The van der Waals surface area contributed by atoms with Crippen LogP contribution in [0.4, 0.5) is 5.69 Å². The van der Waals surface area contributed by atoms with E-state index in [0.717, 1.165) is 11.4 Å². The van der Waals surface area contributed by atoms with Gasteiger partial charge < -0.3 is 14.9 Å². The van der Waals surface area contributed by atoms with Crippen LogP contribution in [-0.4, -0.2) is 11.6 Å². The van der Waals surface area contributed by atoms with Gasteiger partial charge in [-0.25, -0.2) is 4.98 Å². The predicted molar refractivity (Wildman–Crippen MR) is 61.3 cm³/mol. The zero-order valence-corrected chi connectivity index (χ0v) is 9.14. The van der Waals surface area contributed by atoms with E-state index in [1.54, 1.807) is 12.3 Å². The molecule has 0 aliphatic heterocycles. The molecule has 4 nitrogen and oxygen atoms in total. The maximum absolute atomic E-state index is 5.63. The van der Waals surface area contributed by atoms with Gasteiger partial charge in [0.05, 0.1) is 18.7 Å². The lowest BCUT2D eigenvalue weighted by Gasteiger charge is -2.04. The van der Waals surface area contributed by atoms with E-state index in [0.29, 0.717) is 24.6 Å². The second-order valence-electron chi connectivity index (χ2n) is 3.55. The first-order chi connectivity index (χ1) is 7.74. The van der Waals surface area contributed by atoms with Gasteiger partial charge in [0.25, 0.3) is 0 Å². The van der Waals surface area contributed by atoms with Gasteiger partial charge in [-0.2, -0.15) is 0 Å². The van der Waals surface area contributed by atoms with Crippen LogP contribution in [-0.2, 0) is 6.42 Å². The minimum absolute atomic E-state index is 0.531. The van der Waals surface area contributed by atoms with Gasteiger partial charge in [-0.15, -0.1) is 0 Å². The Kier molecular flexibility index (Phi) is 3.10. The fourth-order valence-electron chi connectivity index (χ4n) is 1.38. The molecule has 0 saturated carbocycles. The molecule has 16 heavy (non-hydrogen) atoms. The topological polar surface area (TPSA) is 61.3 Å². The van der Waals surface area contributed by atoms with Gasteiger partial charge in [0.2, 0.25) is 0 Å². The van der Waals surface area contributed by atoms with Crippen LogP contribution in [0.15, 0.2) is 34.9 Å². The van der Waals surface area contributed by atoms with Crippen molar-refractivity contribution in [2.24, 2.45) is 0 Å². The van der Waals surface area contributed by atoms with Gasteiger partial charge in [0.1, 0.15) is 12.0 Å². The summed E-state index contributed by atoms with van der Waals surface area (Å²) >= 11 is 0. The maximum Gasteiger partial charge on any atom is 0.197 e. The molecule has 2 aromatic rings. The molecule has 0 fully saturated rings. The van der Waals surface area contributed by atoms with Crippen molar-refractivity contribution in [3.05, 3.63) is 42.1 Å². The number of aryl methyl sites for hydroxylation is 1. The van der Waals surface area contributed by atoms with E-state index in [1.165, 1.54) is 0 Å². The van der Waals surface area contributed by atoms with Crippen molar-refractivity contribution in [2.75, 3.05) is 12.3 Å². The minimum Gasteiger partial charge on any atom is -0.493 e. The third-order valence-electron chi connectivity index (χ3n) is 2.11. The Balaban J connectivity index is 1.84. The first-order valence-electron chi connectivity index (χ1n) is 5.13. The molecule has 4 heteroatoms. The van der Waals surface area contributed by atoms with E-state index in [9.17, 15) is 0 Å². The quantitative estimate of drug-likeness (QED) is 0.799. The fraction of sp³-hybridized carbons (Fsp3) is 0.250. The lowest BCUT2D eigenvalue weighted by Crippen LogP contribution is -2.01. The Morgan fingerprint density at radius 1 is 1.44 bits per heavy atom. The van der Waals surface area contributed by atoms with Gasteiger partial charge in [-0.1, -0.05) is 6.07 Å². The van der Waals surface area contributed by atoms with Gasteiger partial charge in [-0.3, -0.25) is 0 Å². The number of hydrogen-bond donors (Lipinski definition) is 1. The van der Waals surface area contributed by atoms with E-state index in [2.05, 4.69) is 4.98 Å². The highest BCUT2D eigenvalue weighted by Gasteiger charge is 2.01. The minimum atomic E-state index is 0.531. The Hall–Kier alpha value is -1.97. The van der Waals surface area contributed by atoms with E-state index in [4.69, 9.17) is 14.9 Å². The Morgan fingerprint density at radius 3 is 3.00 bits per heavy atom. The summed E-state index contributed by atoms with van der Waals surface area (Å²) in [5.74, 6) is 1.46. The molecule has 0 spiro atoms. The molecule has 0 amide bonds. The summed E-state index contributed by atoms with van der Waals surface area (Å²) in [5.41, 5.74) is 7.22. The molecule has 1 heterocycles. The van der Waals surface area contributed by atoms with Crippen LogP contribution in [0, 0.1) is 6.92 Å². The number of ether oxygens (including phenoxy) is 1. The number of aromatic nitrogens is 1. The van der Waals surface area contributed by atoms with Gasteiger partial charge in [-0.05, 0) is 19.1 Å². The van der Waals surface area contributed by atoms with Crippen LogP contribution in [0.1, 0.15) is 11.6 Å². The summed E-state index contributed by atoms with van der Waals surface area (Å²) in [7, 11) is 0. The molecule has 0 saturated heterocycles. The molecule has 84 valence electrons. The van der Waals surface area contributed by atoms with Gasteiger partial charge in [0.15, 0.2) is 5.89 Å². The normalized spacial score (nSPS) is 10.3. The number of hydrogen-bond acceptors (Lipinski definition) is 4. The van der Waals surface area contributed by atoms with Crippen LogP contribution in [0.25, 0.3) is 0 Å². The highest BCUT2D eigenvalue weighted by molar-refractivity contribution is 5.43. The predicted octanol–water partition coefficient (Wildman–Crippen LogP) is 2.19. The summed E-state index contributed by atoms with van der Waals surface area (Å²) in [5, 5.41) is 0. The van der Waals surface area contributed by atoms with Crippen LogP contribution in [0.2, 0.25) is 0 Å². The van der Waals surface area contributed by atoms with Crippen molar-refractivity contribution in [3.63, 3.8) is 0 Å². The highest BCUT2D eigenvalue weighted by Crippen LogP contribution is 2.14. The van der Waals surface area contributed by atoms with Crippen molar-refractivity contribution >= 4 is 5.69 Å². The molecule has 0 aliphatic carbocycles. The van der Waals surface area contributed by atoms with E-state index < -0.39 is 0 Å². The van der Waals surface area contributed by atoms with Crippen molar-refractivity contribution in [1.82, 2.24) is 4.98 Å². The molecule has 0 radical (unpaired) electrons. The average molecular weight is 218 g/mol. The molecule has 1 aromatic heterocycles. The number of oxazole rings is 1. The average Bonchev–Trinajstić information content (AvgIpc) is 2.64. The van der Waals surface area contributed by atoms with Crippen LogP contribution in [0.3, 0.4) is 0 Å². The first-order valence-corrected chi connectivity index (χ1v) is 5.13. The summed E-state index contributed by atoms with van der Waals surface area (Å²) in [6, 6.07) is 7.35. The fourth-order valence-corrected chi connectivity index (χ4v) is 1.38. The summed E-state index contributed by atoms with van der Waals surface area (Å²) in [6.07, 6.45) is 2.29. The summed E-state index contributed by atoms with van der Waals surface area (Å²) < 4.78 is 10.7. The molecule has 0 atom stereocenters. The third-order valence-corrected chi connectivity index (χ3v) is 2.11. The van der Waals surface area contributed by atoms with Crippen molar-refractivity contribution in [1.29, 1.82) is 0 Å². The van der Waals surface area contributed by atoms with Crippen molar-refractivity contribution in [3.8, 4) is 5.75 Å². The maximum atomic E-state index is 5.63. The molecule has 2 rings (SSSR count). The van der Waals surface area contributed by atoms with Crippen LogP contribution in [0.5, 0.6) is 5.75 Å². The summed E-state index contributed by atoms with van der Waals surface area (Å²) in [4.78, 5) is 4.19. The SMILES string of the molecule is Cc1coc(CCOc2cccc(N)c2)n1. The third kappa shape index (κ3) is 2.76. The molecule has 0 aliphatic rings.